The molecule has 158 valence electrons. The summed E-state index contributed by atoms with van der Waals surface area (Å²) in [5.74, 6) is 0.868. The third-order valence-corrected chi connectivity index (χ3v) is 5.66. The molecule has 30 heavy (non-hydrogen) atoms. The second-order valence-corrected chi connectivity index (χ2v) is 9.25. The number of H-pyrrole nitrogens is 1. The zero-order valence-electron chi connectivity index (χ0n) is 17.4. The van der Waals surface area contributed by atoms with Crippen molar-refractivity contribution in [1.82, 2.24) is 29.9 Å². The molecule has 1 amide bonds. The molecule has 3 aromatic rings. The normalized spacial score (nSPS) is 15.7. The molecule has 8 nitrogen and oxygen atoms in total. The van der Waals surface area contributed by atoms with Crippen molar-refractivity contribution in [3.63, 3.8) is 0 Å². The van der Waals surface area contributed by atoms with Crippen LogP contribution < -0.4 is 5.56 Å². The first-order valence-electron chi connectivity index (χ1n) is 10.1. The molecule has 9 heteroatoms. The Kier molecular flexibility index (Phi) is 5.36. The third kappa shape index (κ3) is 4.09. The van der Waals surface area contributed by atoms with Crippen LogP contribution in [0.2, 0.25) is 5.02 Å². The van der Waals surface area contributed by atoms with Gasteiger partial charge in [0.2, 0.25) is 5.91 Å². The number of halogens is 1. The number of fused-ring (bicyclic) bond motifs is 1. The van der Waals surface area contributed by atoms with Crippen molar-refractivity contribution in [1.29, 1.82) is 0 Å². The van der Waals surface area contributed by atoms with Gasteiger partial charge in [0.1, 0.15) is 5.82 Å². The topological polar surface area (TPSA) is 96.8 Å². The molecular weight excluding hydrogens is 404 g/mol. The highest BCUT2D eigenvalue weighted by Gasteiger charge is 2.31. The fourth-order valence-electron chi connectivity index (χ4n) is 3.82. The van der Waals surface area contributed by atoms with Gasteiger partial charge in [0.05, 0.1) is 6.54 Å². The first kappa shape index (κ1) is 20.5. The number of piperidine rings is 1. The molecule has 1 aliphatic rings. The summed E-state index contributed by atoms with van der Waals surface area (Å²) in [5.41, 5.74) is 0.951. The van der Waals surface area contributed by atoms with E-state index in [0.717, 1.165) is 18.4 Å². The lowest BCUT2D eigenvalue weighted by Crippen LogP contribution is -2.44. The SMILES string of the molecule is CC(C)(C)C(=O)N1CCC(c2nc3c(nnn3Cc3cccc(Cl)c3)c(=O)[nH]2)CC1. The van der Waals surface area contributed by atoms with Crippen molar-refractivity contribution in [2.75, 3.05) is 13.1 Å². The molecular formula is C21H25ClN6O2. The maximum Gasteiger partial charge on any atom is 0.281 e. The summed E-state index contributed by atoms with van der Waals surface area (Å²) >= 11 is 6.07. The molecule has 1 fully saturated rings. The zero-order chi connectivity index (χ0) is 21.5. The lowest BCUT2D eigenvalue weighted by molar-refractivity contribution is -0.140. The van der Waals surface area contributed by atoms with Crippen LogP contribution in [-0.2, 0) is 11.3 Å². The Bertz CT molecular complexity index is 1140. The van der Waals surface area contributed by atoms with Gasteiger partial charge in [-0.15, -0.1) is 5.10 Å². The van der Waals surface area contributed by atoms with Crippen LogP contribution in [0.1, 0.15) is 50.9 Å². The molecule has 2 aromatic heterocycles. The van der Waals surface area contributed by atoms with Gasteiger partial charge < -0.3 is 9.88 Å². The van der Waals surface area contributed by atoms with Gasteiger partial charge >= 0.3 is 0 Å². The molecule has 1 N–H and O–H groups in total. The number of benzene rings is 1. The molecule has 0 atom stereocenters. The van der Waals surface area contributed by atoms with E-state index in [1.54, 1.807) is 4.68 Å². The quantitative estimate of drug-likeness (QED) is 0.691. The number of aromatic amines is 1. The number of hydrogen-bond acceptors (Lipinski definition) is 5. The van der Waals surface area contributed by atoms with E-state index < -0.39 is 5.41 Å². The molecule has 1 aliphatic heterocycles. The molecule has 0 unspecified atom stereocenters. The van der Waals surface area contributed by atoms with Crippen molar-refractivity contribution in [3.05, 3.63) is 51.0 Å². The van der Waals surface area contributed by atoms with Crippen LogP contribution in [-0.4, -0.2) is 48.9 Å². The molecule has 0 bridgehead atoms. The maximum atomic E-state index is 12.6. The third-order valence-electron chi connectivity index (χ3n) is 5.42. The summed E-state index contributed by atoms with van der Waals surface area (Å²) in [6.07, 6.45) is 1.51. The lowest BCUT2D eigenvalue weighted by atomic mass is 9.90. The van der Waals surface area contributed by atoms with Crippen molar-refractivity contribution in [2.45, 2.75) is 46.1 Å². The van der Waals surface area contributed by atoms with Crippen LogP contribution in [0, 0.1) is 5.41 Å². The average molecular weight is 429 g/mol. The van der Waals surface area contributed by atoms with Gasteiger partial charge in [-0.25, -0.2) is 9.67 Å². The Labute approximate surface area is 179 Å². The first-order chi connectivity index (χ1) is 14.2. The number of likely N-dealkylation sites (tertiary alicyclic amines) is 1. The van der Waals surface area contributed by atoms with E-state index in [1.807, 2.05) is 49.9 Å². The number of hydrogen-bond donors (Lipinski definition) is 1. The monoisotopic (exact) mass is 428 g/mol. The predicted octanol–water partition coefficient (Wildman–Crippen LogP) is 2.97. The molecule has 3 heterocycles. The summed E-state index contributed by atoms with van der Waals surface area (Å²) in [5, 5.41) is 8.76. The summed E-state index contributed by atoms with van der Waals surface area (Å²) < 4.78 is 1.62. The highest BCUT2D eigenvalue weighted by atomic mass is 35.5. The lowest BCUT2D eigenvalue weighted by Gasteiger charge is -2.35. The fraction of sp³-hybridized carbons (Fsp3) is 0.476. The largest absolute Gasteiger partial charge is 0.342 e. The Morgan fingerprint density at radius 2 is 2.00 bits per heavy atom. The maximum absolute atomic E-state index is 12.6. The van der Waals surface area contributed by atoms with Crippen LogP contribution >= 0.6 is 11.6 Å². The van der Waals surface area contributed by atoms with Crippen molar-refractivity contribution < 1.29 is 4.79 Å². The summed E-state index contributed by atoms with van der Waals surface area (Å²) in [6.45, 7) is 7.53. The van der Waals surface area contributed by atoms with E-state index in [9.17, 15) is 9.59 Å². The highest BCUT2D eigenvalue weighted by molar-refractivity contribution is 6.30. The van der Waals surface area contributed by atoms with E-state index in [0.29, 0.717) is 36.1 Å². The van der Waals surface area contributed by atoms with Gasteiger partial charge in [-0.1, -0.05) is 49.7 Å². The number of amides is 1. The van der Waals surface area contributed by atoms with Crippen LogP contribution in [0.5, 0.6) is 0 Å². The zero-order valence-corrected chi connectivity index (χ0v) is 18.1. The van der Waals surface area contributed by atoms with Crippen molar-refractivity contribution in [2.24, 2.45) is 5.41 Å². The minimum atomic E-state index is -0.392. The van der Waals surface area contributed by atoms with Gasteiger partial charge in [-0.2, -0.15) is 0 Å². The van der Waals surface area contributed by atoms with E-state index in [-0.39, 0.29) is 22.9 Å². The van der Waals surface area contributed by atoms with Crippen LogP contribution in [0.3, 0.4) is 0 Å². The summed E-state index contributed by atoms with van der Waals surface area (Å²) in [6, 6.07) is 7.47. The van der Waals surface area contributed by atoms with E-state index in [2.05, 4.69) is 15.3 Å². The van der Waals surface area contributed by atoms with Gasteiger partial charge in [0.25, 0.3) is 5.56 Å². The smallest absolute Gasteiger partial charge is 0.281 e. The second kappa shape index (κ2) is 7.83. The Hall–Kier alpha value is -2.74. The average Bonchev–Trinajstić information content (AvgIpc) is 3.10. The van der Waals surface area contributed by atoms with Crippen molar-refractivity contribution >= 4 is 28.7 Å². The number of carbonyl (C=O) groups is 1. The van der Waals surface area contributed by atoms with E-state index >= 15 is 0 Å². The Morgan fingerprint density at radius 3 is 2.67 bits per heavy atom. The number of nitrogens with zero attached hydrogens (tertiary/aromatic N) is 5. The van der Waals surface area contributed by atoms with E-state index in [1.165, 1.54) is 0 Å². The molecule has 0 radical (unpaired) electrons. The Morgan fingerprint density at radius 1 is 1.27 bits per heavy atom. The number of nitrogens with one attached hydrogen (secondary N) is 1. The molecule has 0 spiro atoms. The minimum Gasteiger partial charge on any atom is -0.342 e. The van der Waals surface area contributed by atoms with Gasteiger partial charge in [-0.05, 0) is 30.5 Å². The molecule has 0 aliphatic carbocycles. The van der Waals surface area contributed by atoms with Gasteiger partial charge in [-0.3, -0.25) is 9.59 Å². The summed E-state index contributed by atoms with van der Waals surface area (Å²) in [4.78, 5) is 34.6. The number of carbonyl (C=O) groups excluding carboxylic acids is 1. The van der Waals surface area contributed by atoms with Crippen LogP contribution in [0.4, 0.5) is 0 Å². The first-order valence-corrected chi connectivity index (χ1v) is 10.5. The van der Waals surface area contributed by atoms with Gasteiger partial charge in [0.15, 0.2) is 11.2 Å². The predicted molar refractivity (Wildman–Crippen MR) is 115 cm³/mol. The number of rotatable bonds is 3. The van der Waals surface area contributed by atoms with Gasteiger partial charge in [0, 0.05) is 29.4 Å². The molecule has 4 rings (SSSR count). The second-order valence-electron chi connectivity index (χ2n) is 8.82. The minimum absolute atomic E-state index is 0.0839. The van der Waals surface area contributed by atoms with Crippen LogP contribution in [0.15, 0.2) is 29.1 Å². The standard InChI is InChI=1S/C21H25ClN6O2/c1-21(2,3)20(30)27-9-7-14(8-10-27)17-23-18-16(19(29)24-17)25-26-28(18)12-13-5-4-6-15(22)11-13/h4-6,11,14H,7-10,12H2,1-3H3,(H,23,24,29). The molecule has 1 aromatic carbocycles. The fourth-order valence-corrected chi connectivity index (χ4v) is 4.03. The Balaban J connectivity index is 1.57. The van der Waals surface area contributed by atoms with Crippen LogP contribution in [0.25, 0.3) is 11.2 Å². The summed E-state index contributed by atoms with van der Waals surface area (Å²) in [7, 11) is 0. The van der Waals surface area contributed by atoms with Crippen molar-refractivity contribution in [3.8, 4) is 0 Å². The molecule has 0 saturated carbocycles. The van der Waals surface area contributed by atoms with E-state index in [4.69, 9.17) is 16.6 Å². The number of aromatic nitrogens is 5. The highest BCUT2D eigenvalue weighted by Crippen LogP contribution is 2.28. The molecule has 1 saturated heterocycles.